The number of amides is 2. The maximum absolute atomic E-state index is 12.4. The van der Waals surface area contributed by atoms with Crippen LogP contribution in [-0.2, 0) is 11.3 Å². The molecule has 0 aromatic heterocycles. The molecule has 138 valence electrons. The van der Waals surface area contributed by atoms with Crippen molar-refractivity contribution < 1.29 is 27.5 Å². The van der Waals surface area contributed by atoms with Gasteiger partial charge in [0.05, 0.1) is 6.54 Å². The van der Waals surface area contributed by atoms with Gasteiger partial charge in [-0.1, -0.05) is 35.9 Å². The monoisotopic (exact) mass is 386 g/mol. The molecule has 9 heteroatoms. The molecule has 0 saturated carbocycles. The molecule has 0 fully saturated rings. The van der Waals surface area contributed by atoms with E-state index in [9.17, 15) is 22.8 Å². The fourth-order valence-electron chi connectivity index (χ4n) is 2.02. The second-order valence-corrected chi connectivity index (χ2v) is 5.56. The number of ether oxygens (including phenoxy) is 1. The Labute approximate surface area is 152 Å². The van der Waals surface area contributed by atoms with Crippen LogP contribution in [-0.4, -0.2) is 24.7 Å². The highest BCUT2D eigenvalue weighted by Crippen LogP contribution is 2.26. The van der Waals surface area contributed by atoms with Crippen LogP contribution in [0.3, 0.4) is 0 Å². The summed E-state index contributed by atoms with van der Waals surface area (Å²) in [6.45, 7) is -0.522. The number of hydrogen-bond acceptors (Lipinski definition) is 3. The molecule has 0 aliphatic rings. The van der Waals surface area contributed by atoms with E-state index >= 15 is 0 Å². The highest BCUT2D eigenvalue weighted by molar-refractivity contribution is 6.30. The third kappa shape index (κ3) is 6.29. The van der Waals surface area contributed by atoms with Gasteiger partial charge < -0.3 is 15.4 Å². The van der Waals surface area contributed by atoms with Gasteiger partial charge in [-0.25, -0.2) is 0 Å². The van der Waals surface area contributed by atoms with E-state index in [1.165, 1.54) is 30.3 Å². The highest BCUT2D eigenvalue weighted by atomic mass is 35.5. The quantitative estimate of drug-likeness (QED) is 0.800. The van der Waals surface area contributed by atoms with Crippen LogP contribution in [0.1, 0.15) is 15.9 Å². The highest BCUT2D eigenvalue weighted by Gasteiger charge is 2.31. The lowest BCUT2D eigenvalue weighted by Crippen LogP contribution is -2.36. The molecule has 0 aliphatic heterocycles. The molecule has 0 unspecified atom stereocenters. The Hall–Kier alpha value is -2.74. The van der Waals surface area contributed by atoms with Crippen molar-refractivity contribution in [3.05, 3.63) is 64.7 Å². The number of rotatable bonds is 6. The zero-order valence-corrected chi connectivity index (χ0v) is 14.0. The van der Waals surface area contributed by atoms with Crippen LogP contribution >= 0.6 is 11.6 Å². The number of nitrogens with one attached hydrogen (secondary N) is 2. The number of para-hydroxylation sites is 1. The molecule has 0 atom stereocenters. The number of carbonyl (C=O) groups excluding carboxylic acids is 2. The van der Waals surface area contributed by atoms with Crippen molar-refractivity contribution in [3.63, 3.8) is 0 Å². The van der Waals surface area contributed by atoms with E-state index in [0.29, 0.717) is 5.02 Å². The second kappa shape index (κ2) is 8.57. The summed E-state index contributed by atoms with van der Waals surface area (Å²) in [4.78, 5) is 23.7. The van der Waals surface area contributed by atoms with E-state index in [1.807, 2.05) is 0 Å². The number of halogens is 4. The molecule has 0 heterocycles. The van der Waals surface area contributed by atoms with Gasteiger partial charge in [-0.05, 0) is 24.3 Å². The summed E-state index contributed by atoms with van der Waals surface area (Å²) in [5.74, 6) is -1.46. The lowest BCUT2D eigenvalue weighted by Gasteiger charge is -2.13. The third-order valence-electron chi connectivity index (χ3n) is 3.17. The Bertz CT molecular complexity index is 797. The van der Waals surface area contributed by atoms with Crippen LogP contribution in [0.15, 0.2) is 48.5 Å². The molecule has 2 rings (SSSR count). The maximum atomic E-state index is 12.4. The van der Waals surface area contributed by atoms with Gasteiger partial charge in [0, 0.05) is 22.7 Å². The van der Waals surface area contributed by atoms with Crippen LogP contribution in [0.25, 0.3) is 0 Å². The molecule has 2 N–H and O–H groups in total. The predicted molar refractivity (Wildman–Crippen MR) is 88.8 cm³/mol. The van der Waals surface area contributed by atoms with Crippen molar-refractivity contribution in [3.8, 4) is 5.75 Å². The first kappa shape index (κ1) is 19.6. The van der Waals surface area contributed by atoms with Gasteiger partial charge in [-0.15, -0.1) is 13.2 Å². The van der Waals surface area contributed by atoms with Crippen molar-refractivity contribution in [1.82, 2.24) is 10.6 Å². The number of benzene rings is 2. The predicted octanol–water partition coefficient (Wildman–Crippen LogP) is 3.28. The minimum absolute atomic E-state index is 0.152. The van der Waals surface area contributed by atoms with Crippen molar-refractivity contribution >= 4 is 23.4 Å². The average molecular weight is 387 g/mol. The molecule has 2 aromatic carbocycles. The fourth-order valence-corrected chi connectivity index (χ4v) is 2.21. The molecule has 0 aliphatic carbocycles. The first-order chi connectivity index (χ1) is 12.2. The average Bonchev–Trinajstić information content (AvgIpc) is 2.57. The van der Waals surface area contributed by atoms with E-state index in [4.69, 9.17) is 11.6 Å². The largest absolute Gasteiger partial charge is 0.573 e. The SMILES string of the molecule is O=C(CNC(=O)c1cccc(Cl)c1)NCc1ccccc1OC(F)(F)F. The van der Waals surface area contributed by atoms with Crippen LogP contribution in [0.2, 0.25) is 5.02 Å². The van der Waals surface area contributed by atoms with E-state index in [1.54, 1.807) is 12.1 Å². The molecule has 2 aromatic rings. The van der Waals surface area contributed by atoms with Crippen LogP contribution < -0.4 is 15.4 Å². The van der Waals surface area contributed by atoms with Gasteiger partial charge in [0.1, 0.15) is 5.75 Å². The minimum atomic E-state index is -4.83. The molecule has 0 saturated heterocycles. The Morgan fingerprint density at radius 3 is 2.46 bits per heavy atom. The fraction of sp³-hybridized carbons (Fsp3) is 0.176. The van der Waals surface area contributed by atoms with Gasteiger partial charge >= 0.3 is 6.36 Å². The van der Waals surface area contributed by atoms with Crippen molar-refractivity contribution in [2.75, 3.05) is 6.54 Å². The maximum Gasteiger partial charge on any atom is 0.573 e. The number of alkyl halides is 3. The van der Waals surface area contributed by atoms with E-state index in [0.717, 1.165) is 6.07 Å². The first-order valence-corrected chi connectivity index (χ1v) is 7.76. The standard InChI is InChI=1S/C17H14ClF3N2O3/c18-13-6-3-5-11(8-13)16(25)23-10-15(24)22-9-12-4-1-2-7-14(12)26-17(19,20)21/h1-8H,9-10H2,(H,22,24)(H,23,25). The number of carbonyl (C=O) groups is 2. The zero-order chi connectivity index (χ0) is 19.2. The van der Waals surface area contributed by atoms with Gasteiger partial charge in [0.15, 0.2) is 0 Å². The molecular formula is C17H14ClF3N2O3. The summed E-state index contributed by atoms with van der Waals surface area (Å²) in [5.41, 5.74) is 0.438. The zero-order valence-electron chi connectivity index (χ0n) is 13.3. The molecule has 2 amide bonds. The van der Waals surface area contributed by atoms with Gasteiger partial charge in [-0.3, -0.25) is 9.59 Å². The van der Waals surface area contributed by atoms with E-state index < -0.39 is 23.9 Å². The van der Waals surface area contributed by atoms with Crippen LogP contribution in [0.5, 0.6) is 5.75 Å². The minimum Gasteiger partial charge on any atom is -0.405 e. The van der Waals surface area contributed by atoms with Crippen molar-refractivity contribution in [2.45, 2.75) is 12.9 Å². The Balaban J connectivity index is 1.87. The van der Waals surface area contributed by atoms with Crippen molar-refractivity contribution in [1.29, 1.82) is 0 Å². The topological polar surface area (TPSA) is 67.4 Å². The van der Waals surface area contributed by atoms with Crippen LogP contribution in [0, 0.1) is 0 Å². The summed E-state index contributed by atoms with van der Waals surface area (Å²) in [5, 5.41) is 5.19. The molecule has 0 radical (unpaired) electrons. The molecule has 5 nitrogen and oxygen atoms in total. The first-order valence-electron chi connectivity index (χ1n) is 7.39. The lowest BCUT2D eigenvalue weighted by atomic mass is 10.2. The van der Waals surface area contributed by atoms with Crippen LogP contribution in [0.4, 0.5) is 13.2 Å². The second-order valence-electron chi connectivity index (χ2n) is 5.13. The Morgan fingerprint density at radius 1 is 1.04 bits per heavy atom. The smallest absolute Gasteiger partial charge is 0.405 e. The summed E-state index contributed by atoms with van der Waals surface area (Å²) < 4.78 is 41.0. The third-order valence-corrected chi connectivity index (χ3v) is 3.41. The van der Waals surface area contributed by atoms with Gasteiger partial charge in [0.25, 0.3) is 5.91 Å². The Morgan fingerprint density at radius 2 is 1.77 bits per heavy atom. The summed E-state index contributed by atoms with van der Waals surface area (Å²) in [6, 6.07) is 11.6. The summed E-state index contributed by atoms with van der Waals surface area (Å²) >= 11 is 5.78. The molecule has 26 heavy (non-hydrogen) atoms. The Kier molecular flexibility index (Phi) is 6.46. The summed E-state index contributed by atoms with van der Waals surface area (Å²) in [7, 11) is 0. The molecular weight excluding hydrogens is 373 g/mol. The van der Waals surface area contributed by atoms with Crippen molar-refractivity contribution in [2.24, 2.45) is 0 Å². The normalized spacial score (nSPS) is 10.9. The van der Waals surface area contributed by atoms with Gasteiger partial charge in [-0.2, -0.15) is 0 Å². The lowest BCUT2D eigenvalue weighted by molar-refractivity contribution is -0.274. The molecule has 0 spiro atoms. The molecule has 0 bridgehead atoms. The van der Waals surface area contributed by atoms with E-state index in [-0.39, 0.29) is 24.2 Å². The van der Waals surface area contributed by atoms with E-state index in [2.05, 4.69) is 15.4 Å². The number of hydrogen-bond donors (Lipinski definition) is 2. The summed E-state index contributed by atoms with van der Waals surface area (Å²) in [6.07, 6.45) is -4.83. The van der Waals surface area contributed by atoms with Gasteiger partial charge in [0.2, 0.25) is 5.91 Å².